The Bertz CT molecular complexity index is 566. The average Bonchev–Trinajstić information content (AvgIpc) is 2.77. The second-order valence-corrected chi connectivity index (χ2v) is 4.83. The Morgan fingerprint density at radius 2 is 1.70 bits per heavy atom. The van der Waals surface area contributed by atoms with Gasteiger partial charge in [-0.15, -0.1) is 0 Å². The van der Waals surface area contributed by atoms with E-state index in [-0.39, 0.29) is 5.91 Å². The van der Waals surface area contributed by atoms with Crippen LogP contribution in [0.25, 0.3) is 0 Å². The first-order valence-electron chi connectivity index (χ1n) is 6.62. The highest BCUT2D eigenvalue weighted by atomic mass is 16.5. The van der Waals surface area contributed by atoms with Gasteiger partial charge < -0.3 is 14.6 Å². The summed E-state index contributed by atoms with van der Waals surface area (Å²) in [4.78, 5) is 12.0. The summed E-state index contributed by atoms with van der Waals surface area (Å²) in [7, 11) is 1.64. The van der Waals surface area contributed by atoms with Crippen molar-refractivity contribution in [2.75, 3.05) is 7.11 Å². The van der Waals surface area contributed by atoms with Crippen LogP contribution in [0.1, 0.15) is 17.0 Å². The molecule has 4 nitrogen and oxygen atoms in total. The summed E-state index contributed by atoms with van der Waals surface area (Å²) in [6, 6.07) is 11.7. The molecule has 0 saturated heterocycles. The fourth-order valence-electron chi connectivity index (χ4n) is 2.09. The van der Waals surface area contributed by atoms with Crippen molar-refractivity contribution in [3.63, 3.8) is 0 Å². The maximum Gasteiger partial charge on any atom is 0.240 e. The maximum absolute atomic E-state index is 12.0. The van der Waals surface area contributed by atoms with Gasteiger partial charge in [-0.2, -0.15) is 0 Å². The van der Waals surface area contributed by atoms with Crippen LogP contribution < -0.4 is 10.1 Å². The van der Waals surface area contributed by atoms with Crippen LogP contribution in [0.3, 0.4) is 0 Å². The van der Waals surface area contributed by atoms with Crippen molar-refractivity contribution in [2.45, 2.75) is 26.9 Å². The number of carbonyl (C=O) groups excluding carboxylic acids is 1. The molecule has 1 amide bonds. The predicted octanol–water partition coefficient (Wildman–Crippen LogP) is 2.43. The van der Waals surface area contributed by atoms with E-state index in [1.54, 1.807) is 7.11 Å². The van der Waals surface area contributed by atoms with Crippen molar-refractivity contribution in [1.82, 2.24) is 9.88 Å². The first-order chi connectivity index (χ1) is 9.60. The summed E-state index contributed by atoms with van der Waals surface area (Å²) in [5.74, 6) is 0.835. The van der Waals surface area contributed by atoms with Gasteiger partial charge >= 0.3 is 0 Å². The lowest BCUT2D eigenvalue weighted by Crippen LogP contribution is -2.27. The topological polar surface area (TPSA) is 43.3 Å². The zero-order valence-corrected chi connectivity index (χ0v) is 12.1. The van der Waals surface area contributed by atoms with Crippen LogP contribution in [0.15, 0.2) is 36.4 Å². The Labute approximate surface area is 119 Å². The number of carbonyl (C=O) groups is 1. The Morgan fingerprint density at radius 3 is 2.25 bits per heavy atom. The third-order valence-electron chi connectivity index (χ3n) is 3.37. The van der Waals surface area contributed by atoms with Gasteiger partial charge in [-0.3, -0.25) is 4.79 Å². The third-order valence-corrected chi connectivity index (χ3v) is 3.37. The number of hydrogen-bond donors (Lipinski definition) is 1. The summed E-state index contributed by atoms with van der Waals surface area (Å²) >= 11 is 0. The number of hydrogen-bond acceptors (Lipinski definition) is 2. The van der Waals surface area contributed by atoms with E-state index in [0.717, 1.165) is 22.7 Å². The van der Waals surface area contributed by atoms with Gasteiger partial charge in [0.15, 0.2) is 0 Å². The zero-order valence-electron chi connectivity index (χ0n) is 12.1. The van der Waals surface area contributed by atoms with Gasteiger partial charge in [0, 0.05) is 17.9 Å². The number of aromatic nitrogens is 1. The average molecular weight is 272 g/mol. The molecular weight excluding hydrogens is 252 g/mol. The van der Waals surface area contributed by atoms with Crippen LogP contribution in [-0.2, 0) is 17.9 Å². The molecule has 0 aliphatic carbocycles. The molecule has 1 N–H and O–H groups in total. The molecule has 0 fully saturated rings. The molecule has 2 aromatic rings. The first-order valence-corrected chi connectivity index (χ1v) is 6.62. The van der Waals surface area contributed by atoms with Crippen molar-refractivity contribution in [1.29, 1.82) is 0 Å². The first kappa shape index (κ1) is 14.2. The molecule has 4 heteroatoms. The number of nitrogens with zero attached hydrogens (tertiary/aromatic N) is 1. The molecule has 20 heavy (non-hydrogen) atoms. The van der Waals surface area contributed by atoms with Crippen LogP contribution in [0.4, 0.5) is 0 Å². The second-order valence-electron chi connectivity index (χ2n) is 4.83. The summed E-state index contributed by atoms with van der Waals surface area (Å²) in [6.45, 7) is 4.90. The number of nitrogens with one attached hydrogen (secondary N) is 1. The molecule has 1 aromatic carbocycles. The SMILES string of the molecule is COc1ccc(CNC(=O)Cn2c(C)ccc2C)cc1. The van der Waals surface area contributed by atoms with Gasteiger partial charge in [0.2, 0.25) is 5.91 Å². The van der Waals surface area contributed by atoms with E-state index in [4.69, 9.17) is 4.74 Å². The van der Waals surface area contributed by atoms with E-state index in [2.05, 4.69) is 5.32 Å². The Kier molecular flexibility index (Phi) is 4.45. The lowest BCUT2D eigenvalue weighted by Gasteiger charge is -2.10. The van der Waals surface area contributed by atoms with Crippen molar-refractivity contribution in [3.05, 3.63) is 53.3 Å². The number of rotatable bonds is 5. The zero-order chi connectivity index (χ0) is 14.5. The maximum atomic E-state index is 12.0. The standard InChI is InChI=1S/C16H20N2O2/c1-12-4-5-13(2)18(12)11-16(19)17-10-14-6-8-15(20-3)9-7-14/h4-9H,10-11H2,1-3H3,(H,17,19). The number of aryl methyl sites for hydroxylation is 2. The van der Waals surface area contributed by atoms with Gasteiger partial charge in [-0.05, 0) is 43.7 Å². The van der Waals surface area contributed by atoms with Crippen LogP contribution in [-0.4, -0.2) is 17.6 Å². The highest BCUT2D eigenvalue weighted by Gasteiger charge is 2.06. The highest BCUT2D eigenvalue weighted by molar-refractivity contribution is 5.75. The smallest absolute Gasteiger partial charge is 0.240 e. The van der Waals surface area contributed by atoms with Gasteiger partial charge in [-0.25, -0.2) is 0 Å². The molecule has 0 aliphatic heterocycles. The third kappa shape index (κ3) is 3.41. The monoisotopic (exact) mass is 272 g/mol. The van der Waals surface area contributed by atoms with Crippen LogP contribution >= 0.6 is 0 Å². The van der Waals surface area contributed by atoms with E-state index in [0.29, 0.717) is 13.1 Å². The van der Waals surface area contributed by atoms with Crippen LogP contribution in [0, 0.1) is 13.8 Å². The fourth-order valence-corrected chi connectivity index (χ4v) is 2.09. The molecule has 0 radical (unpaired) electrons. The van der Waals surface area contributed by atoms with Gasteiger partial charge in [0.25, 0.3) is 0 Å². The van der Waals surface area contributed by atoms with Gasteiger partial charge in [0.05, 0.1) is 7.11 Å². The molecule has 0 atom stereocenters. The van der Waals surface area contributed by atoms with Crippen molar-refractivity contribution < 1.29 is 9.53 Å². The molecule has 0 aliphatic rings. The highest BCUT2D eigenvalue weighted by Crippen LogP contribution is 2.11. The number of methoxy groups -OCH3 is 1. The Hall–Kier alpha value is -2.23. The molecule has 1 heterocycles. The Morgan fingerprint density at radius 1 is 1.10 bits per heavy atom. The molecule has 106 valence electrons. The molecule has 0 bridgehead atoms. The van der Waals surface area contributed by atoms with E-state index in [1.165, 1.54) is 0 Å². The summed E-state index contributed by atoms with van der Waals surface area (Å²) in [5.41, 5.74) is 3.25. The van der Waals surface area contributed by atoms with E-state index in [9.17, 15) is 4.79 Å². The Balaban J connectivity index is 1.89. The molecule has 0 saturated carbocycles. The minimum absolute atomic E-state index is 0.0169. The summed E-state index contributed by atoms with van der Waals surface area (Å²) < 4.78 is 7.10. The molecule has 0 unspecified atom stereocenters. The van der Waals surface area contributed by atoms with Crippen LogP contribution in [0.2, 0.25) is 0 Å². The number of ether oxygens (including phenoxy) is 1. The molecule has 0 spiro atoms. The minimum atomic E-state index is 0.0169. The molecule has 1 aromatic heterocycles. The largest absolute Gasteiger partial charge is 0.497 e. The quantitative estimate of drug-likeness (QED) is 0.908. The predicted molar refractivity (Wildman–Crippen MR) is 78.7 cm³/mol. The minimum Gasteiger partial charge on any atom is -0.497 e. The summed E-state index contributed by atoms with van der Waals surface area (Å²) in [6.07, 6.45) is 0. The van der Waals surface area contributed by atoms with Crippen molar-refractivity contribution in [3.8, 4) is 5.75 Å². The van der Waals surface area contributed by atoms with Gasteiger partial charge in [0.1, 0.15) is 12.3 Å². The normalized spacial score (nSPS) is 10.3. The van der Waals surface area contributed by atoms with Gasteiger partial charge in [-0.1, -0.05) is 12.1 Å². The number of amides is 1. The fraction of sp³-hybridized carbons (Fsp3) is 0.312. The van der Waals surface area contributed by atoms with E-state index < -0.39 is 0 Å². The van der Waals surface area contributed by atoms with E-state index in [1.807, 2.05) is 54.8 Å². The van der Waals surface area contributed by atoms with E-state index >= 15 is 0 Å². The van der Waals surface area contributed by atoms with Crippen molar-refractivity contribution in [2.24, 2.45) is 0 Å². The number of benzene rings is 1. The van der Waals surface area contributed by atoms with Crippen LogP contribution in [0.5, 0.6) is 5.75 Å². The second kappa shape index (κ2) is 6.28. The molecular formula is C16H20N2O2. The lowest BCUT2D eigenvalue weighted by atomic mass is 10.2. The lowest BCUT2D eigenvalue weighted by molar-refractivity contribution is -0.121. The van der Waals surface area contributed by atoms with Crippen molar-refractivity contribution >= 4 is 5.91 Å². The summed E-state index contributed by atoms with van der Waals surface area (Å²) in [5, 5.41) is 2.93. The molecule has 2 rings (SSSR count).